The summed E-state index contributed by atoms with van der Waals surface area (Å²) in [5.74, 6) is -3.57. The third-order valence-corrected chi connectivity index (χ3v) is 10.7. The van der Waals surface area contributed by atoms with Crippen LogP contribution in [0.4, 0.5) is 13.2 Å². The average molecular weight is 707 g/mol. The number of Topliss-reactive ketones (excluding diaryl/α,β-unsaturated/α-hetero) is 1. The molecule has 2 heterocycles. The molecule has 230 valence electrons. The van der Waals surface area contributed by atoms with E-state index in [1.807, 2.05) is 0 Å². The Kier molecular flexibility index (Phi) is 8.58. The maximum absolute atomic E-state index is 14.2. The Hall–Kier alpha value is -2.74. The molecule has 0 bridgehead atoms. The van der Waals surface area contributed by atoms with Gasteiger partial charge in [-0.2, -0.15) is 18.4 Å². The highest BCUT2D eigenvalue weighted by Gasteiger charge is 2.64. The molecule has 1 unspecified atom stereocenters. The molecular formula is C27H24BrClF3N3O7S. The number of alkyl halides is 3. The second-order valence-corrected chi connectivity index (χ2v) is 13.8. The zero-order valence-electron chi connectivity index (χ0n) is 22.1. The molecule has 1 saturated carbocycles. The van der Waals surface area contributed by atoms with E-state index >= 15 is 0 Å². The third-order valence-electron chi connectivity index (χ3n) is 7.57. The number of amides is 1. The molecule has 2 aliphatic heterocycles. The minimum Gasteiger partial charge on any atom is -0.484 e. The van der Waals surface area contributed by atoms with E-state index in [0.717, 1.165) is 18.2 Å². The number of ketones is 1. The first-order valence-electron chi connectivity index (χ1n) is 13.0. The lowest BCUT2D eigenvalue weighted by atomic mass is 9.75. The summed E-state index contributed by atoms with van der Waals surface area (Å²) in [5.41, 5.74) is -2.90. The first kappa shape index (κ1) is 31.7. The van der Waals surface area contributed by atoms with E-state index in [4.69, 9.17) is 21.1 Å². The third kappa shape index (κ3) is 6.13. The highest BCUT2D eigenvalue weighted by molar-refractivity contribution is 9.10. The number of nitriles is 1. The number of halogens is 5. The van der Waals surface area contributed by atoms with Gasteiger partial charge in [-0.3, -0.25) is 14.9 Å². The predicted octanol–water partition coefficient (Wildman–Crippen LogP) is 3.42. The Morgan fingerprint density at radius 1 is 1.16 bits per heavy atom. The molecule has 3 aliphatic rings. The Balaban J connectivity index is 1.60. The Bertz CT molecular complexity index is 1580. The van der Waals surface area contributed by atoms with Crippen molar-refractivity contribution < 1.29 is 45.4 Å². The van der Waals surface area contributed by atoms with Gasteiger partial charge in [0.15, 0.2) is 22.2 Å². The molecule has 2 aromatic carbocycles. The van der Waals surface area contributed by atoms with Crippen LogP contribution in [0, 0.1) is 17.2 Å². The van der Waals surface area contributed by atoms with Gasteiger partial charge in [-0.15, -0.1) is 0 Å². The summed E-state index contributed by atoms with van der Waals surface area (Å²) in [4.78, 5) is 27.8. The highest BCUT2D eigenvalue weighted by Crippen LogP contribution is 2.46. The number of benzene rings is 2. The van der Waals surface area contributed by atoms with Gasteiger partial charge in [0.2, 0.25) is 12.2 Å². The monoisotopic (exact) mass is 705 g/mol. The second kappa shape index (κ2) is 11.6. The van der Waals surface area contributed by atoms with E-state index in [1.165, 1.54) is 0 Å². The van der Waals surface area contributed by atoms with Crippen molar-refractivity contribution in [3.8, 4) is 11.8 Å². The molecule has 16 heteroatoms. The first-order valence-corrected chi connectivity index (χ1v) is 15.7. The predicted molar refractivity (Wildman–Crippen MR) is 148 cm³/mol. The van der Waals surface area contributed by atoms with Crippen LogP contribution in [0.3, 0.4) is 0 Å². The lowest BCUT2D eigenvalue weighted by molar-refractivity contribution is -0.153. The molecule has 10 nitrogen and oxygen atoms in total. The van der Waals surface area contributed by atoms with Crippen molar-refractivity contribution in [1.29, 1.82) is 5.26 Å². The van der Waals surface area contributed by atoms with Crippen LogP contribution in [0.15, 0.2) is 51.8 Å². The molecule has 0 aromatic heterocycles. The highest BCUT2D eigenvalue weighted by atomic mass is 79.9. The van der Waals surface area contributed by atoms with Crippen LogP contribution < -0.4 is 15.4 Å². The molecule has 2 aromatic rings. The largest absolute Gasteiger partial charge is 0.484 e. The second-order valence-electron chi connectivity index (χ2n) is 10.4. The number of rotatable bonds is 9. The van der Waals surface area contributed by atoms with Crippen molar-refractivity contribution in [3.05, 3.63) is 57.5 Å². The van der Waals surface area contributed by atoms with Crippen LogP contribution in [-0.4, -0.2) is 69.7 Å². The summed E-state index contributed by atoms with van der Waals surface area (Å²) < 4.78 is 82.4. The number of nitrogens with one attached hydrogen (secondary N) is 2. The van der Waals surface area contributed by atoms with Crippen molar-refractivity contribution in [2.75, 3.05) is 26.4 Å². The lowest BCUT2D eigenvalue weighted by Gasteiger charge is -2.36. The summed E-state index contributed by atoms with van der Waals surface area (Å²) in [6, 6.07) is 11.3. The average Bonchev–Trinajstić information content (AvgIpc) is 3.34. The minimum atomic E-state index is -4.63. The fourth-order valence-electron chi connectivity index (χ4n) is 5.31. The van der Waals surface area contributed by atoms with E-state index in [1.54, 1.807) is 24.3 Å². The SMILES string of the molecule is N#CC1(NC(=O)[C@]2(c3ccc(Br)cc3)NC[C@H](S(=O)(=O)c3ccc(OCC(F)(F)F)cc3Cl)C2C(=O)C2OCCO2)CC1. The van der Waals surface area contributed by atoms with Gasteiger partial charge in [0.05, 0.1) is 40.4 Å². The molecule has 1 amide bonds. The number of sulfone groups is 1. The van der Waals surface area contributed by atoms with Crippen molar-refractivity contribution in [3.63, 3.8) is 0 Å². The van der Waals surface area contributed by atoms with Crippen molar-refractivity contribution in [1.82, 2.24) is 10.6 Å². The van der Waals surface area contributed by atoms with Gasteiger partial charge in [-0.1, -0.05) is 39.7 Å². The number of carbonyl (C=O) groups excluding carboxylic acids is 2. The standard InChI is InChI=1S/C27H24BrClF3N3O7S/c28-16-3-1-15(2-4-16)27(24(37)35-25(13-33)7-8-25)21(22(36)23-40-9-10-41-23)20(12-34-27)43(38,39)19-6-5-17(11-18(19)29)42-14-26(30,31)32/h1-6,11,20-21,23,34H,7-10,12,14H2,(H,35,37)/t20-,21?,27+/m0/s1. The molecule has 3 atom stereocenters. The van der Waals surface area contributed by atoms with E-state index in [9.17, 15) is 36.4 Å². The Morgan fingerprint density at radius 2 is 1.81 bits per heavy atom. The fraction of sp³-hybridized carbons (Fsp3) is 0.444. The zero-order valence-corrected chi connectivity index (χ0v) is 25.3. The molecular weight excluding hydrogens is 683 g/mol. The zero-order chi connectivity index (χ0) is 31.2. The fourth-order valence-corrected chi connectivity index (χ4v) is 7.98. The van der Waals surface area contributed by atoms with Crippen LogP contribution in [-0.2, 0) is 34.4 Å². The smallest absolute Gasteiger partial charge is 0.422 e. The summed E-state index contributed by atoms with van der Waals surface area (Å²) in [6.07, 6.45) is -5.35. The molecule has 3 fully saturated rings. The Labute approximate surface area is 257 Å². The van der Waals surface area contributed by atoms with Crippen LogP contribution in [0.1, 0.15) is 18.4 Å². The van der Waals surface area contributed by atoms with E-state index in [0.29, 0.717) is 17.3 Å². The molecule has 2 N–H and O–H groups in total. The normalized spacial score (nSPS) is 25.2. The summed E-state index contributed by atoms with van der Waals surface area (Å²) in [6.45, 7) is -1.89. The van der Waals surface area contributed by atoms with Crippen molar-refractivity contribution in [2.45, 2.75) is 46.5 Å². The van der Waals surface area contributed by atoms with Gasteiger partial charge >= 0.3 is 6.18 Å². The van der Waals surface area contributed by atoms with Gasteiger partial charge in [-0.05, 0) is 42.7 Å². The van der Waals surface area contributed by atoms with Gasteiger partial charge in [0, 0.05) is 17.1 Å². The minimum absolute atomic E-state index is 0.0637. The maximum Gasteiger partial charge on any atom is 0.422 e. The van der Waals surface area contributed by atoms with Gasteiger partial charge in [0.25, 0.3) is 0 Å². The maximum atomic E-state index is 14.2. The van der Waals surface area contributed by atoms with E-state index in [-0.39, 0.29) is 24.5 Å². The lowest BCUT2D eigenvalue weighted by Crippen LogP contribution is -2.60. The number of hydrogen-bond donors (Lipinski definition) is 2. The summed E-state index contributed by atoms with van der Waals surface area (Å²) >= 11 is 9.60. The molecule has 1 aliphatic carbocycles. The number of hydrogen-bond acceptors (Lipinski definition) is 9. The van der Waals surface area contributed by atoms with Gasteiger partial charge in [-0.25, -0.2) is 8.42 Å². The van der Waals surface area contributed by atoms with Crippen LogP contribution in [0.5, 0.6) is 5.75 Å². The molecule has 0 radical (unpaired) electrons. The molecule has 2 saturated heterocycles. The molecule has 0 spiro atoms. The summed E-state index contributed by atoms with van der Waals surface area (Å²) in [5, 5.41) is 13.3. The number of carbonyl (C=O) groups is 2. The van der Waals surface area contributed by atoms with Crippen LogP contribution >= 0.6 is 27.5 Å². The van der Waals surface area contributed by atoms with Crippen molar-refractivity contribution >= 4 is 49.1 Å². The van der Waals surface area contributed by atoms with Crippen LogP contribution in [0.2, 0.25) is 5.02 Å². The first-order chi connectivity index (χ1) is 20.2. The van der Waals surface area contributed by atoms with E-state index < -0.39 is 79.3 Å². The van der Waals surface area contributed by atoms with E-state index in [2.05, 4.69) is 37.4 Å². The number of ether oxygens (including phenoxy) is 3. The topological polar surface area (TPSA) is 144 Å². The van der Waals surface area contributed by atoms with Gasteiger partial charge < -0.3 is 19.5 Å². The van der Waals surface area contributed by atoms with Gasteiger partial charge in [0.1, 0.15) is 16.8 Å². The summed E-state index contributed by atoms with van der Waals surface area (Å²) in [7, 11) is -4.57. The quantitative estimate of drug-likeness (QED) is 0.401. The molecule has 43 heavy (non-hydrogen) atoms. The number of nitrogens with zero attached hydrogens (tertiary/aromatic N) is 1. The van der Waals surface area contributed by atoms with Crippen LogP contribution in [0.25, 0.3) is 0 Å². The molecule has 5 rings (SSSR count). The Morgan fingerprint density at radius 3 is 2.37 bits per heavy atom. The van der Waals surface area contributed by atoms with Crippen molar-refractivity contribution in [2.24, 2.45) is 5.92 Å².